The molecule has 32 heavy (non-hydrogen) atoms. The highest BCUT2D eigenvalue weighted by molar-refractivity contribution is 6.02. The zero-order valence-corrected chi connectivity index (χ0v) is 17.5. The van der Waals surface area contributed by atoms with Crippen molar-refractivity contribution in [1.29, 1.82) is 0 Å². The number of anilines is 6. The topological polar surface area (TPSA) is 36.7 Å². The van der Waals surface area contributed by atoms with Crippen LogP contribution in [0.15, 0.2) is 112 Å². The second kappa shape index (κ2) is 7.13. The largest absolute Gasteiger partial charge is 0.461 e. The van der Waals surface area contributed by atoms with Gasteiger partial charge < -0.3 is 14.2 Å². The molecule has 4 heteroatoms. The molecule has 4 nitrogen and oxygen atoms in total. The van der Waals surface area contributed by atoms with Crippen LogP contribution in [-0.4, -0.2) is 0 Å². The van der Waals surface area contributed by atoms with Crippen molar-refractivity contribution >= 4 is 45.1 Å². The van der Waals surface area contributed by atoms with Crippen molar-refractivity contribution in [2.75, 3.05) is 9.80 Å². The molecule has 0 saturated heterocycles. The minimum absolute atomic E-state index is 0.0323. The number of fused-ring (bicyclic) bond motifs is 3. The van der Waals surface area contributed by atoms with E-state index in [9.17, 15) is 4.79 Å². The fourth-order valence-corrected chi connectivity index (χ4v) is 4.48. The SMILES string of the molecule is Cc1cc(=O)c2cc(N3c4ccccc4N(c4ccccc4)c4ccccc43)ccc2o1. The fourth-order valence-electron chi connectivity index (χ4n) is 4.48. The van der Waals surface area contributed by atoms with Crippen LogP contribution >= 0.6 is 0 Å². The molecule has 1 aliphatic heterocycles. The van der Waals surface area contributed by atoms with E-state index in [1.807, 2.05) is 36.4 Å². The van der Waals surface area contributed by atoms with E-state index in [1.54, 1.807) is 13.0 Å². The van der Waals surface area contributed by atoms with Gasteiger partial charge in [-0.3, -0.25) is 4.79 Å². The van der Waals surface area contributed by atoms with E-state index < -0.39 is 0 Å². The Morgan fingerprint density at radius 3 is 1.72 bits per heavy atom. The Balaban J connectivity index is 1.62. The Morgan fingerprint density at radius 2 is 1.12 bits per heavy atom. The predicted octanol–water partition coefficient (Wildman–Crippen LogP) is 7.35. The first-order valence-corrected chi connectivity index (χ1v) is 10.6. The van der Waals surface area contributed by atoms with Crippen molar-refractivity contribution in [3.05, 3.63) is 119 Å². The van der Waals surface area contributed by atoms with Crippen LogP contribution in [0.3, 0.4) is 0 Å². The van der Waals surface area contributed by atoms with Gasteiger partial charge in [0.25, 0.3) is 0 Å². The average Bonchev–Trinajstić information content (AvgIpc) is 2.83. The van der Waals surface area contributed by atoms with E-state index in [0.29, 0.717) is 16.7 Å². The molecule has 154 valence electrons. The zero-order valence-electron chi connectivity index (χ0n) is 17.5. The molecule has 0 saturated carbocycles. The summed E-state index contributed by atoms with van der Waals surface area (Å²) in [6, 6.07) is 34.4. The molecular weight excluding hydrogens is 396 g/mol. The van der Waals surface area contributed by atoms with Crippen LogP contribution in [0.5, 0.6) is 0 Å². The Hall–Kier alpha value is -4.31. The van der Waals surface area contributed by atoms with E-state index in [0.717, 1.165) is 34.1 Å². The van der Waals surface area contributed by atoms with E-state index in [1.165, 1.54) is 0 Å². The molecule has 0 radical (unpaired) electrons. The van der Waals surface area contributed by atoms with Gasteiger partial charge in [-0.15, -0.1) is 0 Å². The normalized spacial score (nSPS) is 12.5. The summed E-state index contributed by atoms with van der Waals surface area (Å²) in [6.45, 7) is 1.80. The number of rotatable bonds is 2. The van der Waals surface area contributed by atoms with Crippen molar-refractivity contribution in [2.45, 2.75) is 6.92 Å². The molecule has 0 N–H and O–H groups in total. The summed E-state index contributed by atoms with van der Waals surface area (Å²) < 4.78 is 5.77. The van der Waals surface area contributed by atoms with E-state index in [-0.39, 0.29) is 5.43 Å². The Labute approximate surface area is 185 Å². The third-order valence-corrected chi connectivity index (χ3v) is 5.83. The zero-order chi connectivity index (χ0) is 21.7. The van der Waals surface area contributed by atoms with Gasteiger partial charge in [0.2, 0.25) is 0 Å². The van der Waals surface area contributed by atoms with Crippen LogP contribution in [0.4, 0.5) is 34.1 Å². The highest BCUT2D eigenvalue weighted by Gasteiger charge is 2.30. The molecular formula is C28H20N2O2. The second-order valence-electron chi connectivity index (χ2n) is 7.89. The van der Waals surface area contributed by atoms with Crippen molar-refractivity contribution < 1.29 is 4.42 Å². The van der Waals surface area contributed by atoms with Crippen LogP contribution in [0.1, 0.15) is 5.76 Å². The number of para-hydroxylation sites is 5. The summed E-state index contributed by atoms with van der Waals surface area (Å²) in [5, 5.41) is 0.577. The summed E-state index contributed by atoms with van der Waals surface area (Å²) in [5.74, 6) is 0.613. The van der Waals surface area contributed by atoms with E-state index >= 15 is 0 Å². The summed E-state index contributed by atoms with van der Waals surface area (Å²) in [5.41, 5.74) is 6.83. The van der Waals surface area contributed by atoms with Gasteiger partial charge in [-0.1, -0.05) is 42.5 Å². The van der Waals surface area contributed by atoms with Gasteiger partial charge in [0.05, 0.1) is 28.1 Å². The minimum atomic E-state index is -0.0323. The summed E-state index contributed by atoms with van der Waals surface area (Å²) >= 11 is 0. The number of aryl methyl sites for hydroxylation is 1. The van der Waals surface area contributed by atoms with Crippen molar-refractivity contribution in [3.63, 3.8) is 0 Å². The summed E-state index contributed by atoms with van der Waals surface area (Å²) in [7, 11) is 0. The van der Waals surface area contributed by atoms with Gasteiger partial charge in [-0.25, -0.2) is 0 Å². The first kappa shape index (κ1) is 18.5. The van der Waals surface area contributed by atoms with Crippen molar-refractivity contribution in [2.24, 2.45) is 0 Å². The van der Waals surface area contributed by atoms with Gasteiger partial charge in [-0.2, -0.15) is 0 Å². The standard InChI is InChI=1S/C28H20N2O2/c1-19-17-27(31)22-18-21(15-16-28(22)32-19)30-25-13-7-5-11-23(25)29(20-9-3-2-4-10-20)24-12-6-8-14-26(24)30/h2-18H,1H3. The molecule has 0 atom stereocenters. The molecule has 0 bridgehead atoms. The highest BCUT2D eigenvalue weighted by Crippen LogP contribution is 2.53. The van der Waals surface area contributed by atoms with Crippen LogP contribution in [-0.2, 0) is 0 Å². The molecule has 0 spiro atoms. The monoisotopic (exact) mass is 416 g/mol. The number of benzene rings is 4. The quantitative estimate of drug-likeness (QED) is 0.296. The molecule has 4 aromatic carbocycles. The van der Waals surface area contributed by atoms with Gasteiger partial charge in [0, 0.05) is 17.4 Å². The first-order chi connectivity index (χ1) is 15.7. The predicted molar refractivity (Wildman–Crippen MR) is 130 cm³/mol. The van der Waals surface area contributed by atoms with Crippen LogP contribution in [0.2, 0.25) is 0 Å². The van der Waals surface area contributed by atoms with Gasteiger partial charge in [0.1, 0.15) is 11.3 Å². The first-order valence-electron chi connectivity index (χ1n) is 10.6. The lowest BCUT2D eigenvalue weighted by Crippen LogP contribution is -2.23. The molecule has 0 fully saturated rings. The van der Waals surface area contributed by atoms with Gasteiger partial charge in [-0.05, 0) is 61.5 Å². The molecule has 1 aliphatic rings. The minimum Gasteiger partial charge on any atom is -0.461 e. The lowest BCUT2D eigenvalue weighted by Gasteiger charge is -2.40. The van der Waals surface area contributed by atoms with Crippen molar-refractivity contribution in [1.82, 2.24) is 0 Å². The second-order valence-corrected chi connectivity index (χ2v) is 7.89. The average molecular weight is 416 g/mol. The number of nitrogens with zero attached hydrogens (tertiary/aromatic N) is 2. The maximum atomic E-state index is 12.7. The molecule has 0 aliphatic carbocycles. The summed E-state index contributed by atoms with van der Waals surface area (Å²) in [6.07, 6.45) is 0. The number of hydrogen-bond acceptors (Lipinski definition) is 4. The maximum absolute atomic E-state index is 12.7. The third-order valence-electron chi connectivity index (χ3n) is 5.83. The van der Waals surface area contributed by atoms with Gasteiger partial charge >= 0.3 is 0 Å². The van der Waals surface area contributed by atoms with Crippen LogP contribution < -0.4 is 15.2 Å². The van der Waals surface area contributed by atoms with Crippen LogP contribution in [0, 0.1) is 6.92 Å². The van der Waals surface area contributed by atoms with Crippen molar-refractivity contribution in [3.8, 4) is 0 Å². The maximum Gasteiger partial charge on any atom is 0.193 e. The van der Waals surface area contributed by atoms with E-state index in [2.05, 4.69) is 70.5 Å². The third kappa shape index (κ3) is 2.81. The molecule has 0 unspecified atom stereocenters. The lowest BCUT2D eigenvalue weighted by molar-refractivity contribution is 0.565. The Morgan fingerprint density at radius 1 is 0.594 bits per heavy atom. The lowest BCUT2D eigenvalue weighted by atomic mass is 10.0. The fraction of sp³-hybridized carbons (Fsp3) is 0.0357. The molecule has 0 amide bonds. The van der Waals surface area contributed by atoms with E-state index in [4.69, 9.17) is 4.42 Å². The molecule has 6 rings (SSSR count). The number of hydrogen-bond donors (Lipinski definition) is 0. The summed E-state index contributed by atoms with van der Waals surface area (Å²) in [4.78, 5) is 17.2. The van der Waals surface area contributed by atoms with Gasteiger partial charge in [0.15, 0.2) is 5.43 Å². The Bertz CT molecular complexity index is 1470. The molecule has 5 aromatic rings. The highest BCUT2D eigenvalue weighted by atomic mass is 16.3. The molecule has 2 heterocycles. The molecule has 1 aromatic heterocycles. The smallest absolute Gasteiger partial charge is 0.193 e. The Kier molecular flexibility index (Phi) is 4.12. The van der Waals surface area contributed by atoms with Crippen LogP contribution in [0.25, 0.3) is 11.0 Å².